The summed E-state index contributed by atoms with van der Waals surface area (Å²) in [7, 11) is 0. The Labute approximate surface area is 150 Å². The van der Waals surface area contributed by atoms with Gasteiger partial charge in [-0.05, 0) is 37.3 Å². The molecule has 0 amide bonds. The molecular formula is C18H13ClN4O3. The molecule has 3 aromatic heterocycles. The number of H-pyrrole nitrogens is 2. The van der Waals surface area contributed by atoms with Gasteiger partial charge in [-0.2, -0.15) is 0 Å². The summed E-state index contributed by atoms with van der Waals surface area (Å²) in [6, 6.07) is 9.37. The van der Waals surface area contributed by atoms with Crippen molar-refractivity contribution >= 4 is 33.4 Å². The van der Waals surface area contributed by atoms with Crippen molar-refractivity contribution in [1.82, 2.24) is 19.7 Å². The highest BCUT2D eigenvalue weighted by molar-refractivity contribution is 6.31. The van der Waals surface area contributed by atoms with Gasteiger partial charge >= 0.3 is 0 Å². The molecule has 4 aromatic rings. The smallest absolute Gasteiger partial charge is 0.287 e. The molecule has 0 fully saturated rings. The summed E-state index contributed by atoms with van der Waals surface area (Å²) >= 11 is 5.95. The second-order valence-electron chi connectivity index (χ2n) is 5.94. The van der Waals surface area contributed by atoms with Gasteiger partial charge in [0.1, 0.15) is 10.9 Å². The van der Waals surface area contributed by atoms with E-state index < -0.39 is 22.6 Å². The van der Waals surface area contributed by atoms with Crippen LogP contribution in [-0.2, 0) is 0 Å². The van der Waals surface area contributed by atoms with Gasteiger partial charge < -0.3 is 4.98 Å². The molecule has 130 valence electrons. The zero-order valence-electron chi connectivity index (χ0n) is 13.6. The first-order valence-electron chi connectivity index (χ1n) is 7.88. The van der Waals surface area contributed by atoms with Gasteiger partial charge in [-0.3, -0.25) is 24.5 Å². The average Bonchev–Trinajstić information content (AvgIpc) is 2.64. The molecule has 1 atom stereocenters. The molecule has 0 spiro atoms. The second kappa shape index (κ2) is 5.96. The molecule has 0 bridgehead atoms. The fraction of sp³-hybridized carbons (Fsp3) is 0.111. The van der Waals surface area contributed by atoms with E-state index in [2.05, 4.69) is 15.1 Å². The quantitative estimate of drug-likeness (QED) is 0.529. The normalized spacial score (nSPS) is 12.5. The molecule has 0 radical (unpaired) electrons. The third-order valence-electron chi connectivity index (χ3n) is 4.35. The third kappa shape index (κ3) is 2.44. The molecule has 8 heteroatoms. The number of rotatable bonds is 2. The highest BCUT2D eigenvalue weighted by atomic mass is 35.5. The Morgan fingerprint density at radius 3 is 2.69 bits per heavy atom. The number of aromatic amines is 2. The first kappa shape index (κ1) is 16.3. The highest BCUT2D eigenvalue weighted by Crippen LogP contribution is 2.17. The molecule has 0 aliphatic rings. The van der Waals surface area contributed by atoms with Crippen molar-refractivity contribution in [3.63, 3.8) is 0 Å². The van der Waals surface area contributed by atoms with Crippen molar-refractivity contribution in [2.24, 2.45) is 0 Å². The number of hydrogen-bond acceptors (Lipinski definition) is 4. The lowest BCUT2D eigenvalue weighted by Gasteiger charge is -2.14. The summed E-state index contributed by atoms with van der Waals surface area (Å²) in [5.74, 6) is 0. The standard InChI is InChI=1S/C18H13ClN4O3/c1-9(12-4-2-3-7-20-12)23-18(26)14-15(17(25)22-23)21-13-8-10(19)5-6-11(13)16(14)24/h2-9H,1H3,(H,21,24)(H,22,25). The zero-order chi connectivity index (χ0) is 18.4. The summed E-state index contributed by atoms with van der Waals surface area (Å²) in [4.78, 5) is 45.4. The Morgan fingerprint density at radius 1 is 1.15 bits per heavy atom. The molecule has 0 saturated carbocycles. The predicted octanol–water partition coefficient (Wildman–Crippen LogP) is 2.19. The Kier molecular flexibility index (Phi) is 3.73. The minimum atomic E-state index is -0.587. The first-order chi connectivity index (χ1) is 12.5. The largest absolute Gasteiger partial charge is 0.350 e. The van der Waals surface area contributed by atoms with Crippen molar-refractivity contribution in [2.75, 3.05) is 0 Å². The SMILES string of the molecule is CC(c1ccccn1)n1[nH]c(=O)c2[nH]c3cc(Cl)ccc3c(=O)c2c1=O. The molecule has 2 N–H and O–H groups in total. The number of nitrogens with zero attached hydrogens (tertiary/aromatic N) is 2. The van der Waals surface area contributed by atoms with Crippen LogP contribution < -0.4 is 16.5 Å². The van der Waals surface area contributed by atoms with Crippen LogP contribution in [0.4, 0.5) is 0 Å². The summed E-state index contributed by atoms with van der Waals surface area (Å²) in [5, 5.41) is 3.05. The van der Waals surface area contributed by atoms with Crippen molar-refractivity contribution in [2.45, 2.75) is 13.0 Å². The van der Waals surface area contributed by atoms with Gasteiger partial charge in [0.2, 0.25) is 5.43 Å². The Morgan fingerprint density at radius 2 is 1.96 bits per heavy atom. The minimum Gasteiger partial charge on any atom is -0.350 e. The molecule has 1 aromatic carbocycles. The number of fused-ring (bicyclic) bond motifs is 2. The van der Waals surface area contributed by atoms with E-state index >= 15 is 0 Å². The molecule has 1 unspecified atom stereocenters. The van der Waals surface area contributed by atoms with Crippen molar-refractivity contribution in [3.8, 4) is 0 Å². The van der Waals surface area contributed by atoms with Gasteiger partial charge in [-0.15, -0.1) is 0 Å². The van der Waals surface area contributed by atoms with Gasteiger partial charge in [0.25, 0.3) is 11.1 Å². The molecule has 7 nitrogen and oxygen atoms in total. The number of pyridine rings is 2. The van der Waals surface area contributed by atoms with Crippen LogP contribution in [0.1, 0.15) is 18.7 Å². The lowest BCUT2D eigenvalue weighted by molar-refractivity contribution is 0.519. The summed E-state index contributed by atoms with van der Waals surface area (Å²) < 4.78 is 1.13. The monoisotopic (exact) mass is 368 g/mol. The second-order valence-corrected chi connectivity index (χ2v) is 6.38. The number of benzene rings is 1. The van der Waals surface area contributed by atoms with Gasteiger partial charge in [0.05, 0.1) is 17.3 Å². The molecule has 0 aliphatic carbocycles. The number of aromatic nitrogens is 4. The Hall–Kier alpha value is -3.19. The molecule has 0 saturated heterocycles. The summed E-state index contributed by atoms with van der Waals surface area (Å²) in [5.41, 5.74) is -0.746. The Bertz CT molecular complexity index is 1320. The predicted molar refractivity (Wildman–Crippen MR) is 100 cm³/mol. The van der Waals surface area contributed by atoms with E-state index in [1.54, 1.807) is 43.5 Å². The van der Waals surface area contributed by atoms with E-state index in [9.17, 15) is 14.4 Å². The van der Waals surface area contributed by atoms with Crippen LogP contribution in [0.5, 0.6) is 0 Å². The lowest BCUT2D eigenvalue weighted by Crippen LogP contribution is -2.35. The van der Waals surface area contributed by atoms with Crippen molar-refractivity contribution in [1.29, 1.82) is 0 Å². The number of hydrogen-bond donors (Lipinski definition) is 2. The van der Waals surface area contributed by atoms with Gasteiger partial charge in [-0.25, -0.2) is 4.68 Å². The van der Waals surface area contributed by atoms with Crippen LogP contribution in [0.15, 0.2) is 57.0 Å². The highest BCUT2D eigenvalue weighted by Gasteiger charge is 2.18. The average molecular weight is 369 g/mol. The number of halogens is 1. The van der Waals surface area contributed by atoms with E-state index in [0.717, 1.165) is 4.68 Å². The number of nitrogens with one attached hydrogen (secondary N) is 2. The van der Waals surface area contributed by atoms with E-state index in [0.29, 0.717) is 21.6 Å². The first-order valence-corrected chi connectivity index (χ1v) is 8.26. The van der Waals surface area contributed by atoms with E-state index in [1.807, 2.05) is 0 Å². The maximum Gasteiger partial charge on any atom is 0.287 e. The molecular weight excluding hydrogens is 356 g/mol. The van der Waals surface area contributed by atoms with Crippen LogP contribution in [0.3, 0.4) is 0 Å². The van der Waals surface area contributed by atoms with Crippen LogP contribution in [0.25, 0.3) is 21.8 Å². The third-order valence-corrected chi connectivity index (χ3v) is 4.58. The van der Waals surface area contributed by atoms with Gasteiger partial charge in [0, 0.05) is 16.6 Å². The summed E-state index contributed by atoms with van der Waals surface area (Å²) in [6.45, 7) is 1.72. The maximum atomic E-state index is 12.9. The fourth-order valence-corrected chi connectivity index (χ4v) is 3.17. The van der Waals surface area contributed by atoms with Gasteiger partial charge in [0.15, 0.2) is 0 Å². The Balaban J connectivity index is 2.09. The summed E-state index contributed by atoms with van der Waals surface area (Å²) in [6.07, 6.45) is 1.60. The molecule has 26 heavy (non-hydrogen) atoms. The zero-order valence-corrected chi connectivity index (χ0v) is 14.4. The van der Waals surface area contributed by atoms with Crippen molar-refractivity contribution in [3.05, 3.63) is 84.2 Å². The maximum absolute atomic E-state index is 12.9. The van der Waals surface area contributed by atoms with E-state index in [-0.39, 0.29) is 10.9 Å². The molecule has 4 rings (SSSR count). The van der Waals surface area contributed by atoms with Crippen LogP contribution in [-0.4, -0.2) is 19.7 Å². The fourth-order valence-electron chi connectivity index (χ4n) is 3.00. The topological polar surface area (TPSA) is 101 Å². The van der Waals surface area contributed by atoms with Gasteiger partial charge in [-0.1, -0.05) is 17.7 Å². The molecule has 0 aliphatic heterocycles. The van der Waals surface area contributed by atoms with Crippen molar-refractivity contribution < 1.29 is 0 Å². The lowest BCUT2D eigenvalue weighted by atomic mass is 10.1. The van der Waals surface area contributed by atoms with Crippen LogP contribution in [0, 0.1) is 0 Å². The van der Waals surface area contributed by atoms with E-state index in [4.69, 9.17) is 11.6 Å². The van der Waals surface area contributed by atoms with E-state index in [1.165, 1.54) is 6.07 Å². The van der Waals surface area contributed by atoms with Crippen LogP contribution in [0.2, 0.25) is 5.02 Å². The minimum absolute atomic E-state index is 0.0702. The van der Waals surface area contributed by atoms with Crippen LogP contribution >= 0.6 is 11.6 Å². The molecule has 3 heterocycles.